The quantitative estimate of drug-likeness (QED) is 0.778. The lowest BCUT2D eigenvalue weighted by Crippen LogP contribution is -2.32. The summed E-state index contributed by atoms with van der Waals surface area (Å²) in [5.41, 5.74) is 3.98. The van der Waals surface area contributed by atoms with Crippen molar-refractivity contribution in [3.63, 3.8) is 0 Å². The number of hydrogen-bond donors (Lipinski definition) is 0. The van der Waals surface area contributed by atoms with E-state index in [1.54, 1.807) is 6.07 Å². The Bertz CT molecular complexity index is 657. The normalized spacial score (nSPS) is 13.8. The van der Waals surface area contributed by atoms with Crippen molar-refractivity contribution in [2.75, 3.05) is 11.4 Å². The monoisotopic (exact) mass is 250 g/mol. The van der Waals surface area contributed by atoms with Crippen molar-refractivity contribution in [3.05, 3.63) is 52.8 Å². The second-order valence-electron chi connectivity index (χ2n) is 4.75. The standard InChI is InChI=1S/C15H14N4/c1-11-8-14(9-16)18-15(17-11)19-7-6-12-4-2-3-5-13(12)10-19/h2-5,8H,6-7,10H2,1H3. The third kappa shape index (κ3) is 2.27. The Hall–Kier alpha value is -2.41. The van der Waals surface area contributed by atoms with Gasteiger partial charge in [0.05, 0.1) is 0 Å². The molecular weight excluding hydrogens is 236 g/mol. The number of fused-ring (bicyclic) bond motifs is 1. The number of rotatable bonds is 1. The summed E-state index contributed by atoms with van der Waals surface area (Å²) in [6.07, 6.45) is 0.995. The second kappa shape index (κ2) is 4.69. The van der Waals surface area contributed by atoms with E-state index in [2.05, 4.69) is 45.2 Å². The van der Waals surface area contributed by atoms with Gasteiger partial charge in [-0.3, -0.25) is 0 Å². The number of aryl methyl sites for hydroxylation is 1. The summed E-state index contributed by atoms with van der Waals surface area (Å²) < 4.78 is 0. The molecule has 0 radical (unpaired) electrons. The van der Waals surface area contributed by atoms with Crippen LogP contribution in [0.2, 0.25) is 0 Å². The number of benzene rings is 1. The van der Waals surface area contributed by atoms with Gasteiger partial charge in [-0.15, -0.1) is 0 Å². The van der Waals surface area contributed by atoms with Gasteiger partial charge in [0.15, 0.2) is 0 Å². The van der Waals surface area contributed by atoms with Crippen LogP contribution in [-0.4, -0.2) is 16.5 Å². The molecule has 19 heavy (non-hydrogen) atoms. The van der Waals surface area contributed by atoms with Crippen LogP contribution in [0.15, 0.2) is 30.3 Å². The van der Waals surface area contributed by atoms with Crippen LogP contribution in [-0.2, 0) is 13.0 Å². The number of nitrogens with zero attached hydrogens (tertiary/aromatic N) is 4. The maximum Gasteiger partial charge on any atom is 0.227 e. The number of nitriles is 1. The number of aromatic nitrogens is 2. The average Bonchev–Trinajstić information content (AvgIpc) is 2.46. The molecule has 2 aromatic rings. The minimum Gasteiger partial charge on any atom is -0.336 e. The second-order valence-corrected chi connectivity index (χ2v) is 4.75. The maximum absolute atomic E-state index is 8.98. The van der Waals surface area contributed by atoms with Crippen molar-refractivity contribution in [1.29, 1.82) is 5.26 Å². The highest BCUT2D eigenvalue weighted by atomic mass is 15.3. The molecule has 94 valence electrons. The first-order valence-corrected chi connectivity index (χ1v) is 6.34. The molecule has 0 saturated carbocycles. The molecular formula is C15H14N4. The number of hydrogen-bond acceptors (Lipinski definition) is 4. The van der Waals surface area contributed by atoms with Crippen molar-refractivity contribution in [1.82, 2.24) is 9.97 Å². The molecule has 2 heterocycles. The van der Waals surface area contributed by atoms with Crippen molar-refractivity contribution in [2.45, 2.75) is 19.9 Å². The van der Waals surface area contributed by atoms with Crippen molar-refractivity contribution < 1.29 is 0 Å². The van der Waals surface area contributed by atoms with E-state index in [0.717, 1.165) is 25.2 Å². The topological polar surface area (TPSA) is 52.8 Å². The molecule has 4 nitrogen and oxygen atoms in total. The van der Waals surface area contributed by atoms with E-state index < -0.39 is 0 Å². The van der Waals surface area contributed by atoms with Gasteiger partial charge >= 0.3 is 0 Å². The summed E-state index contributed by atoms with van der Waals surface area (Å²) in [4.78, 5) is 10.9. The zero-order valence-corrected chi connectivity index (χ0v) is 10.8. The highest BCUT2D eigenvalue weighted by Crippen LogP contribution is 2.22. The summed E-state index contributed by atoms with van der Waals surface area (Å²) in [6.45, 7) is 3.60. The molecule has 0 saturated heterocycles. The lowest BCUT2D eigenvalue weighted by atomic mass is 10.0. The third-order valence-corrected chi connectivity index (χ3v) is 3.37. The summed E-state index contributed by atoms with van der Waals surface area (Å²) in [7, 11) is 0. The van der Waals surface area contributed by atoms with Gasteiger partial charge < -0.3 is 4.90 Å². The maximum atomic E-state index is 8.98. The molecule has 0 bridgehead atoms. The molecule has 0 unspecified atom stereocenters. The van der Waals surface area contributed by atoms with Crippen LogP contribution < -0.4 is 4.90 Å². The van der Waals surface area contributed by atoms with Gasteiger partial charge in [-0.05, 0) is 30.5 Å². The number of anilines is 1. The fourth-order valence-corrected chi connectivity index (χ4v) is 2.42. The molecule has 3 rings (SSSR count). The van der Waals surface area contributed by atoms with Crippen LogP contribution in [0, 0.1) is 18.3 Å². The Morgan fingerprint density at radius 2 is 2.00 bits per heavy atom. The summed E-state index contributed by atoms with van der Waals surface area (Å²) in [5.74, 6) is 0.658. The van der Waals surface area contributed by atoms with Gasteiger partial charge in [-0.2, -0.15) is 5.26 Å². The van der Waals surface area contributed by atoms with Crippen LogP contribution in [0.4, 0.5) is 5.95 Å². The van der Waals surface area contributed by atoms with E-state index in [0.29, 0.717) is 11.6 Å². The highest BCUT2D eigenvalue weighted by Gasteiger charge is 2.18. The minimum atomic E-state index is 0.432. The molecule has 0 amide bonds. The highest BCUT2D eigenvalue weighted by molar-refractivity contribution is 5.41. The van der Waals surface area contributed by atoms with E-state index in [4.69, 9.17) is 5.26 Å². The fourth-order valence-electron chi connectivity index (χ4n) is 2.42. The third-order valence-electron chi connectivity index (χ3n) is 3.37. The predicted molar refractivity (Wildman–Crippen MR) is 72.7 cm³/mol. The van der Waals surface area contributed by atoms with Crippen molar-refractivity contribution in [2.24, 2.45) is 0 Å². The summed E-state index contributed by atoms with van der Waals surface area (Å²) in [5, 5.41) is 8.98. The first-order chi connectivity index (χ1) is 9.26. The molecule has 1 aliphatic heterocycles. The van der Waals surface area contributed by atoms with Gasteiger partial charge in [-0.25, -0.2) is 9.97 Å². The Balaban J connectivity index is 1.93. The molecule has 4 heteroatoms. The van der Waals surface area contributed by atoms with Crippen LogP contribution in [0.25, 0.3) is 0 Å². The van der Waals surface area contributed by atoms with Crippen LogP contribution in [0.3, 0.4) is 0 Å². The first-order valence-electron chi connectivity index (χ1n) is 6.34. The Labute approximate surface area is 112 Å². The van der Waals surface area contributed by atoms with E-state index in [1.165, 1.54) is 11.1 Å². The van der Waals surface area contributed by atoms with E-state index in [-0.39, 0.29) is 0 Å². The molecule has 1 aromatic carbocycles. The molecule has 1 aromatic heterocycles. The molecule has 1 aliphatic rings. The largest absolute Gasteiger partial charge is 0.336 e. The Kier molecular flexibility index (Phi) is 2.88. The van der Waals surface area contributed by atoms with Crippen LogP contribution >= 0.6 is 0 Å². The van der Waals surface area contributed by atoms with Crippen molar-refractivity contribution >= 4 is 5.95 Å². The van der Waals surface area contributed by atoms with Gasteiger partial charge in [0, 0.05) is 18.8 Å². The van der Waals surface area contributed by atoms with Crippen LogP contribution in [0.5, 0.6) is 0 Å². The van der Waals surface area contributed by atoms with Gasteiger partial charge in [0.1, 0.15) is 11.8 Å². The molecule has 0 spiro atoms. The Morgan fingerprint density at radius 1 is 1.21 bits per heavy atom. The minimum absolute atomic E-state index is 0.432. The lowest BCUT2D eigenvalue weighted by molar-refractivity contribution is 0.705. The zero-order valence-electron chi connectivity index (χ0n) is 10.8. The zero-order chi connectivity index (χ0) is 13.2. The molecule has 0 N–H and O–H groups in total. The first kappa shape index (κ1) is 11.7. The van der Waals surface area contributed by atoms with Crippen LogP contribution in [0.1, 0.15) is 22.5 Å². The lowest BCUT2D eigenvalue weighted by Gasteiger charge is -2.28. The van der Waals surface area contributed by atoms with Crippen molar-refractivity contribution in [3.8, 4) is 6.07 Å². The smallest absolute Gasteiger partial charge is 0.227 e. The molecule has 0 aliphatic carbocycles. The van der Waals surface area contributed by atoms with Gasteiger partial charge in [0.25, 0.3) is 0 Å². The SMILES string of the molecule is Cc1cc(C#N)nc(N2CCc3ccccc3C2)n1. The van der Waals surface area contributed by atoms with Gasteiger partial charge in [0.2, 0.25) is 5.95 Å². The predicted octanol–water partition coefficient (Wildman–Crippen LogP) is 2.22. The molecule has 0 fully saturated rings. The summed E-state index contributed by atoms with van der Waals surface area (Å²) in [6, 6.07) is 12.2. The van der Waals surface area contributed by atoms with Gasteiger partial charge in [-0.1, -0.05) is 24.3 Å². The average molecular weight is 250 g/mol. The Morgan fingerprint density at radius 3 is 2.79 bits per heavy atom. The molecule has 0 atom stereocenters. The van der Waals surface area contributed by atoms with E-state index in [9.17, 15) is 0 Å². The summed E-state index contributed by atoms with van der Waals surface area (Å²) >= 11 is 0. The fraction of sp³-hybridized carbons (Fsp3) is 0.267. The van der Waals surface area contributed by atoms with E-state index >= 15 is 0 Å². The van der Waals surface area contributed by atoms with E-state index in [1.807, 2.05) is 6.92 Å².